The van der Waals surface area contributed by atoms with Crippen molar-refractivity contribution in [1.82, 2.24) is 14.5 Å². The highest BCUT2D eigenvalue weighted by Crippen LogP contribution is 2.21. The van der Waals surface area contributed by atoms with Crippen LogP contribution in [-0.4, -0.2) is 40.3 Å². The topological polar surface area (TPSA) is 38.1 Å². The summed E-state index contributed by atoms with van der Waals surface area (Å²) in [4.78, 5) is 17.9. The van der Waals surface area contributed by atoms with Crippen LogP contribution in [0.2, 0.25) is 5.02 Å². The van der Waals surface area contributed by atoms with E-state index in [2.05, 4.69) is 9.55 Å². The molecular weight excluding hydrogens is 297 g/mol. The molecule has 108 valence electrons. The molecule has 0 spiro atoms. The van der Waals surface area contributed by atoms with E-state index in [1.807, 2.05) is 18.2 Å². The van der Waals surface area contributed by atoms with Gasteiger partial charge < -0.3 is 9.47 Å². The van der Waals surface area contributed by atoms with Crippen LogP contribution in [0.4, 0.5) is 0 Å². The third-order valence-electron chi connectivity index (χ3n) is 3.16. The van der Waals surface area contributed by atoms with Crippen molar-refractivity contribution in [1.29, 1.82) is 0 Å². The number of carbonyl (C=O) groups is 1. The average molecular weight is 314 g/mol. The highest BCUT2D eigenvalue weighted by molar-refractivity contribution is 6.31. The van der Waals surface area contributed by atoms with Gasteiger partial charge in [-0.25, -0.2) is 4.98 Å². The summed E-state index contributed by atoms with van der Waals surface area (Å²) >= 11 is 11.8. The fourth-order valence-corrected chi connectivity index (χ4v) is 2.44. The van der Waals surface area contributed by atoms with Gasteiger partial charge in [-0.2, -0.15) is 0 Å². The molecule has 1 heterocycles. The fourth-order valence-electron chi connectivity index (χ4n) is 2.11. The van der Waals surface area contributed by atoms with Crippen LogP contribution in [0.5, 0.6) is 0 Å². The zero-order chi connectivity index (χ0) is 14.7. The summed E-state index contributed by atoms with van der Waals surface area (Å²) in [5.41, 5.74) is 1.83. The Morgan fingerprint density at radius 2 is 2.15 bits per heavy atom. The SMILES string of the molecule is CN(C)C(=O)CCn1c(CCCl)nc2cc(Cl)ccc21. The van der Waals surface area contributed by atoms with Gasteiger partial charge >= 0.3 is 0 Å². The highest BCUT2D eigenvalue weighted by atomic mass is 35.5. The van der Waals surface area contributed by atoms with Crippen LogP contribution in [-0.2, 0) is 17.8 Å². The maximum atomic E-state index is 11.7. The minimum Gasteiger partial charge on any atom is -0.349 e. The second-order valence-electron chi connectivity index (χ2n) is 4.79. The lowest BCUT2D eigenvalue weighted by molar-refractivity contribution is -0.128. The quantitative estimate of drug-likeness (QED) is 0.796. The van der Waals surface area contributed by atoms with Crippen LogP contribution in [0.3, 0.4) is 0 Å². The molecule has 1 aromatic heterocycles. The van der Waals surface area contributed by atoms with E-state index >= 15 is 0 Å². The number of imidazole rings is 1. The molecular formula is C14H17Cl2N3O. The van der Waals surface area contributed by atoms with Crippen molar-refractivity contribution >= 4 is 40.1 Å². The van der Waals surface area contributed by atoms with Gasteiger partial charge in [-0.1, -0.05) is 11.6 Å². The summed E-state index contributed by atoms with van der Waals surface area (Å²) in [5.74, 6) is 1.49. The monoisotopic (exact) mass is 313 g/mol. The first-order valence-corrected chi connectivity index (χ1v) is 7.35. The third-order valence-corrected chi connectivity index (χ3v) is 3.58. The molecule has 0 bridgehead atoms. The molecule has 6 heteroatoms. The molecule has 0 unspecified atom stereocenters. The second-order valence-corrected chi connectivity index (χ2v) is 5.60. The molecule has 2 aromatic rings. The number of hydrogen-bond donors (Lipinski definition) is 0. The van der Waals surface area contributed by atoms with Gasteiger partial charge in [0.2, 0.25) is 5.91 Å². The standard InChI is InChI=1S/C14H17Cl2N3O/c1-18(2)14(20)6-8-19-12-4-3-10(16)9-11(12)17-13(19)5-7-15/h3-4,9H,5-8H2,1-2H3. The number of rotatable bonds is 5. The van der Waals surface area contributed by atoms with Crippen molar-refractivity contribution in [2.24, 2.45) is 0 Å². The molecule has 20 heavy (non-hydrogen) atoms. The predicted octanol–water partition coefficient (Wildman–Crippen LogP) is 2.95. The Balaban J connectivity index is 2.33. The van der Waals surface area contributed by atoms with Crippen LogP contribution in [0, 0.1) is 0 Å². The van der Waals surface area contributed by atoms with Crippen molar-refractivity contribution in [2.75, 3.05) is 20.0 Å². The number of benzene rings is 1. The molecule has 0 atom stereocenters. The molecule has 4 nitrogen and oxygen atoms in total. The smallest absolute Gasteiger partial charge is 0.223 e. The van der Waals surface area contributed by atoms with Crippen molar-refractivity contribution in [3.05, 3.63) is 29.0 Å². The Morgan fingerprint density at radius 3 is 2.80 bits per heavy atom. The largest absolute Gasteiger partial charge is 0.349 e. The van der Waals surface area contributed by atoms with Gasteiger partial charge in [0.1, 0.15) is 5.82 Å². The number of amides is 1. The summed E-state index contributed by atoms with van der Waals surface area (Å²) in [6.45, 7) is 0.599. The first-order valence-electron chi connectivity index (χ1n) is 6.43. The molecule has 0 aliphatic rings. The van der Waals surface area contributed by atoms with E-state index in [1.54, 1.807) is 19.0 Å². The van der Waals surface area contributed by atoms with Crippen molar-refractivity contribution in [3.63, 3.8) is 0 Å². The van der Waals surface area contributed by atoms with Gasteiger partial charge in [0.05, 0.1) is 11.0 Å². The number of nitrogens with zero attached hydrogens (tertiary/aromatic N) is 3. The minimum absolute atomic E-state index is 0.0950. The van der Waals surface area contributed by atoms with Gasteiger partial charge in [-0.05, 0) is 18.2 Å². The fraction of sp³-hybridized carbons (Fsp3) is 0.429. The lowest BCUT2D eigenvalue weighted by Gasteiger charge is -2.12. The van der Waals surface area contributed by atoms with Crippen molar-refractivity contribution in [3.8, 4) is 0 Å². The molecule has 0 N–H and O–H groups in total. The summed E-state index contributed by atoms with van der Waals surface area (Å²) < 4.78 is 2.05. The molecule has 0 saturated heterocycles. The molecule has 0 aliphatic heterocycles. The summed E-state index contributed by atoms with van der Waals surface area (Å²) in [7, 11) is 3.52. The van der Waals surface area contributed by atoms with E-state index in [9.17, 15) is 4.79 Å². The number of halogens is 2. The average Bonchev–Trinajstić information content (AvgIpc) is 2.72. The Morgan fingerprint density at radius 1 is 1.40 bits per heavy atom. The van der Waals surface area contributed by atoms with Crippen molar-refractivity contribution < 1.29 is 4.79 Å². The molecule has 1 aromatic carbocycles. The zero-order valence-corrected chi connectivity index (χ0v) is 13.1. The van der Waals surface area contributed by atoms with Crippen LogP contribution < -0.4 is 0 Å². The second kappa shape index (κ2) is 6.46. The van der Waals surface area contributed by atoms with Gasteiger partial charge in [-0.3, -0.25) is 4.79 Å². The van der Waals surface area contributed by atoms with E-state index in [0.29, 0.717) is 30.3 Å². The first kappa shape index (κ1) is 15.1. The molecule has 2 rings (SSSR count). The summed E-state index contributed by atoms with van der Waals surface area (Å²) in [6, 6.07) is 5.60. The van der Waals surface area contributed by atoms with E-state index in [0.717, 1.165) is 16.9 Å². The predicted molar refractivity (Wildman–Crippen MR) is 82.5 cm³/mol. The van der Waals surface area contributed by atoms with Gasteiger partial charge in [0.15, 0.2) is 0 Å². The maximum Gasteiger partial charge on any atom is 0.223 e. The van der Waals surface area contributed by atoms with E-state index < -0.39 is 0 Å². The Labute approximate surface area is 128 Å². The number of fused-ring (bicyclic) bond motifs is 1. The minimum atomic E-state index is 0.0950. The normalized spacial score (nSPS) is 11.0. The lowest BCUT2D eigenvalue weighted by Crippen LogP contribution is -2.23. The number of aryl methyl sites for hydroxylation is 2. The maximum absolute atomic E-state index is 11.7. The third kappa shape index (κ3) is 3.25. The van der Waals surface area contributed by atoms with E-state index in [4.69, 9.17) is 23.2 Å². The first-order chi connectivity index (χ1) is 9.52. The Hall–Kier alpha value is -1.26. The van der Waals surface area contributed by atoms with Gasteiger partial charge in [0, 0.05) is 44.4 Å². The summed E-state index contributed by atoms with van der Waals surface area (Å²) in [6.07, 6.45) is 1.11. The van der Waals surface area contributed by atoms with Gasteiger partial charge in [0.25, 0.3) is 0 Å². The molecule has 0 aliphatic carbocycles. The van der Waals surface area contributed by atoms with Crippen LogP contribution in [0.15, 0.2) is 18.2 Å². The summed E-state index contributed by atoms with van der Waals surface area (Å²) in [5, 5.41) is 0.656. The Bertz CT molecular complexity index is 622. The van der Waals surface area contributed by atoms with E-state index in [-0.39, 0.29) is 5.91 Å². The van der Waals surface area contributed by atoms with E-state index in [1.165, 1.54) is 0 Å². The number of carbonyl (C=O) groups excluding carboxylic acids is 1. The zero-order valence-electron chi connectivity index (χ0n) is 11.6. The van der Waals surface area contributed by atoms with Gasteiger partial charge in [-0.15, -0.1) is 11.6 Å². The lowest BCUT2D eigenvalue weighted by atomic mass is 10.3. The number of alkyl halides is 1. The number of aromatic nitrogens is 2. The van der Waals surface area contributed by atoms with Crippen LogP contribution in [0.1, 0.15) is 12.2 Å². The molecule has 0 saturated carbocycles. The molecule has 0 radical (unpaired) electrons. The highest BCUT2D eigenvalue weighted by Gasteiger charge is 2.12. The van der Waals surface area contributed by atoms with Crippen LogP contribution in [0.25, 0.3) is 11.0 Å². The molecule has 0 fully saturated rings. The molecule has 1 amide bonds. The van der Waals surface area contributed by atoms with Crippen LogP contribution >= 0.6 is 23.2 Å². The number of hydrogen-bond acceptors (Lipinski definition) is 2. The Kier molecular flexibility index (Phi) is 4.89. The van der Waals surface area contributed by atoms with Crippen molar-refractivity contribution in [2.45, 2.75) is 19.4 Å².